The number of nitrogens with zero attached hydrogens (tertiary/aromatic N) is 1. The topological polar surface area (TPSA) is 3.24 Å². The first kappa shape index (κ1) is 19.7. The Balaban J connectivity index is 0.00000242. The second-order valence-corrected chi connectivity index (χ2v) is 7.20. The molecule has 0 aliphatic rings. The predicted molar refractivity (Wildman–Crippen MR) is 101 cm³/mol. The molecule has 0 unspecified atom stereocenters. The fourth-order valence-corrected chi connectivity index (χ4v) is 3.33. The molecule has 0 spiro atoms. The number of halogens is 3. The van der Waals surface area contributed by atoms with Crippen molar-refractivity contribution in [1.82, 2.24) is 4.90 Å². The van der Waals surface area contributed by atoms with Gasteiger partial charge >= 0.3 is 0 Å². The molecule has 2 aromatic rings. The lowest BCUT2D eigenvalue weighted by Gasteiger charge is -2.12. The van der Waals surface area contributed by atoms with E-state index >= 15 is 0 Å². The van der Waals surface area contributed by atoms with Crippen molar-refractivity contribution in [3.63, 3.8) is 0 Å². The van der Waals surface area contributed by atoms with Crippen LogP contribution in [-0.2, 0) is 6.42 Å². The van der Waals surface area contributed by atoms with Gasteiger partial charge in [-0.15, -0.1) is 12.4 Å². The summed E-state index contributed by atoms with van der Waals surface area (Å²) in [5, 5.41) is 1.57. The predicted octanol–water partition coefficient (Wildman–Crippen LogP) is 6.06. The van der Waals surface area contributed by atoms with Crippen molar-refractivity contribution < 1.29 is 0 Å². The van der Waals surface area contributed by atoms with Gasteiger partial charge in [0.05, 0.1) is 0 Å². The highest BCUT2D eigenvalue weighted by Gasteiger charge is 2.06. The standard InChI is InChI=1S/C17H19Cl2NS.ClH/c1-20(2)11-3-4-13-12-15(19)7-10-17(13)21-16-8-5-14(18)6-9-16;/h5-10,12H,3-4,11H2,1-2H3;1H. The maximum Gasteiger partial charge on any atom is 0.0409 e. The highest BCUT2D eigenvalue weighted by atomic mass is 35.5. The van der Waals surface area contributed by atoms with E-state index in [4.69, 9.17) is 23.2 Å². The molecule has 0 atom stereocenters. The number of hydrogen-bond donors (Lipinski definition) is 0. The largest absolute Gasteiger partial charge is 0.309 e. The molecule has 2 aromatic carbocycles. The Hall–Kier alpha value is -0.380. The molecular formula is C17H20Cl3NS. The van der Waals surface area contributed by atoms with Crippen molar-refractivity contribution in [3.05, 3.63) is 58.1 Å². The first-order chi connectivity index (χ1) is 10.0. The monoisotopic (exact) mass is 375 g/mol. The fraction of sp³-hybridized carbons (Fsp3) is 0.294. The van der Waals surface area contributed by atoms with Crippen LogP contribution in [0.2, 0.25) is 10.0 Å². The summed E-state index contributed by atoms with van der Waals surface area (Å²) in [6, 6.07) is 14.1. The highest BCUT2D eigenvalue weighted by molar-refractivity contribution is 7.99. The van der Waals surface area contributed by atoms with Crippen molar-refractivity contribution in [2.75, 3.05) is 20.6 Å². The van der Waals surface area contributed by atoms with Gasteiger partial charge in [0.1, 0.15) is 0 Å². The maximum absolute atomic E-state index is 6.14. The molecule has 2 rings (SSSR count). The molecule has 0 fully saturated rings. The van der Waals surface area contributed by atoms with E-state index in [9.17, 15) is 0 Å². The minimum absolute atomic E-state index is 0. The average Bonchev–Trinajstić information content (AvgIpc) is 2.43. The van der Waals surface area contributed by atoms with Gasteiger partial charge in [0.2, 0.25) is 0 Å². The molecule has 22 heavy (non-hydrogen) atoms. The van der Waals surface area contributed by atoms with Crippen molar-refractivity contribution >= 4 is 47.4 Å². The number of rotatable bonds is 6. The Morgan fingerprint density at radius 2 is 1.59 bits per heavy atom. The molecule has 0 saturated heterocycles. The highest BCUT2D eigenvalue weighted by Crippen LogP contribution is 2.33. The van der Waals surface area contributed by atoms with E-state index in [-0.39, 0.29) is 12.4 Å². The van der Waals surface area contributed by atoms with E-state index in [1.165, 1.54) is 15.4 Å². The lowest BCUT2D eigenvalue weighted by molar-refractivity contribution is 0.400. The fourth-order valence-electron chi connectivity index (χ4n) is 2.06. The Morgan fingerprint density at radius 3 is 2.23 bits per heavy atom. The van der Waals surface area contributed by atoms with Gasteiger partial charge in [0.15, 0.2) is 0 Å². The third-order valence-corrected chi connectivity index (χ3v) is 4.73. The zero-order valence-corrected chi connectivity index (χ0v) is 15.8. The number of aryl methyl sites for hydroxylation is 1. The lowest BCUT2D eigenvalue weighted by atomic mass is 10.1. The Bertz CT molecular complexity index is 585. The molecule has 0 bridgehead atoms. The molecule has 0 amide bonds. The molecule has 0 radical (unpaired) electrons. The maximum atomic E-state index is 6.14. The first-order valence-corrected chi connectivity index (χ1v) is 8.48. The van der Waals surface area contributed by atoms with Crippen LogP contribution in [0.3, 0.4) is 0 Å². The minimum atomic E-state index is 0. The summed E-state index contributed by atoms with van der Waals surface area (Å²) in [6.45, 7) is 1.08. The Labute approximate surface area is 153 Å². The van der Waals surface area contributed by atoms with E-state index in [0.29, 0.717) is 0 Å². The van der Waals surface area contributed by atoms with Gasteiger partial charge in [-0.3, -0.25) is 0 Å². The molecule has 0 aliphatic carbocycles. The molecule has 5 heteroatoms. The minimum Gasteiger partial charge on any atom is -0.309 e. The van der Waals surface area contributed by atoms with Crippen LogP contribution in [0.1, 0.15) is 12.0 Å². The van der Waals surface area contributed by atoms with E-state index in [1.54, 1.807) is 11.8 Å². The van der Waals surface area contributed by atoms with Crippen LogP contribution in [-0.4, -0.2) is 25.5 Å². The molecule has 1 nitrogen and oxygen atoms in total. The van der Waals surface area contributed by atoms with E-state index in [0.717, 1.165) is 29.4 Å². The van der Waals surface area contributed by atoms with Crippen LogP contribution in [0, 0.1) is 0 Å². The smallest absolute Gasteiger partial charge is 0.0409 e. The van der Waals surface area contributed by atoms with Gasteiger partial charge in [0, 0.05) is 19.8 Å². The summed E-state index contributed by atoms with van der Waals surface area (Å²) in [4.78, 5) is 4.66. The summed E-state index contributed by atoms with van der Waals surface area (Å²) < 4.78 is 0. The SMILES string of the molecule is CN(C)CCCc1cc(Cl)ccc1Sc1ccc(Cl)cc1.Cl. The van der Waals surface area contributed by atoms with Crippen molar-refractivity contribution in [2.45, 2.75) is 22.6 Å². The van der Waals surface area contributed by atoms with Gasteiger partial charge < -0.3 is 4.90 Å². The van der Waals surface area contributed by atoms with Gasteiger partial charge in [-0.1, -0.05) is 35.0 Å². The lowest BCUT2D eigenvalue weighted by Crippen LogP contribution is -2.13. The van der Waals surface area contributed by atoms with E-state index in [1.807, 2.05) is 30.3 Å². The molecule has 0 N–H and O–H groups in total. The third kappa shape index (κ3) is 6.39. The van der Waals surface area contributed by atoms with Crippen molar-refractivity contribution in [3.8, 4) is 0 Å². The third-order valence-electron chi connectivity index (χ3n) is 3.12. The summed E-state index contributed by atoms with van der Waals surface area (Å²) in [6.07, 6.45) is 2.16. The van der Waals surface area contributed by atoms with Crippen LogP contribution in [0.25, 0.3) is 0 Å². The van der Waals surface area contributed by atoms with Gasteiger partial charge in [-0.25, -0.2) is 0 Å². The van der Waals surface area contributed by atoms with Crippen LogP contribution in [0.5, 0.6) is 0 Å². The van der Waals surface area contributed by atoms with Crippen molar-refractivity contribution in [1.29, 1.82) is 0 Å². The zero-order valence-electron chi connectivity index (χ0n) is 12.7. The Morgan fingerprint density at radius 1 is 0.955 bits per heavy atom. The molecule has 0 aliphatic heterocycles. The second-order valence-electron chi connectivity index (χ2n) is 5.21. The number of benzene rings is 2. The number of hydrogen-bond acceptors (Lipinski definition) is 2. The molecule has 0 heterocycles. The average molecular weight is 377 g/mol. The molecule has 0 aromatic heterocycles. The van der Waals surface area contributed by atoms with Crippen LogP contribution < -0.4 is 0 Å². The van der Waals surface area contributed by atoms with Gasteiger partial charge in [-0.2, -0.15) is 0 Å². The normalized spacial score (nSPS) is 10.6. The summed E-state index contributed by atoms with van der Waals surface area (Å²) in [5.74, 6) is 0. The van der Waals surface area contributed by atoms with Crippen LogP contribution in [0.15, 0.2) is 52.3 Å². The molecule has 0 saturated carbocycles. The van der Waals surface area contributed by atoms with E-state index < -0.39 is 0 Å². The Kier molecular flexibility index (Phi) is 8.66. The van der Waals surface area contributed by atoms with Gasteiger partial charge in [-0.05, 0) is 81.5 Å². The quantitative estimate of drug-likeness (QED) is 0.602. The van der Waals surface area contributed by atoms with E-state index in [2.05, 4.69) is 31.1 Å². The molecular weight excluding hydrogens is 357 g/mol. The van der Waals surface area contributed by atoms with Crippen LogP contribution >= 0.6 is 47.4 Å². The van der Waals surface area contributed by atoms with Crippen molar-refractivity contribution in [2.24, 2.45) is 0 Å². The summed E-state index contributed by atoms with van der Waals surface area (Å²) >= 11 is 13.8. The first-order valence-electron chi connectivity index (χ1n) is 6.91. The zero-order chi connectivity index (χ0) is 15.2. The molecule has 120 valence electrons. The second kappa shape index (κ2) is 9.69. The van der Waals surface area contributed by atoms with Gasteiger partial charge in [0.25, 0.3) is 0 Å². The van der Waals surface area contributed by atoms with Crippen LogP contribution in [0.4, 0.5) is 0 Å². The summed E-state index contributed by atoms with van der Waals surface area (Å²) in [5.41, 5.74) is 1.31. The summed E-state index contributed by atoms with van der Waals surface area (Å²) in [7, 11) is 4.20.